The number of fused-ring (bicyclic) bond motifs is 1. The molecule has 0 spiro atoms. The summed E-state index contributed by atoms with van der Waals surface area (Å²) < 4.78 is 60.4. The van der Waals surface area contributed by atoms with Gasteiger partial charge in [-0.2, -0.15) is 17.9 Å². The van der Waals surface area contributed by atoms with Gasteiger partial charge in [-0.1, -0.05) is 53.5 Å². The summed E-state index contributed by atoms with van der Waals surface area (Å²) in [4.78, 5) is 21.4. The van der Waals surface area contributed by atoms with Gasteiger partial charge >= 0.3 is 11.9 Å². The molecule has 0 aliphatic carbocycles. The summed E-state index contributed by atoms with van der Waals surface area (Å²) in [5, 5.41) is 5.11. The van der Waals surface area contributed by atoms with E-state index >= 15 is 0 Å². The third-order valence-electron chi connectivity index (χ3n) is 6.38. The molecular formula is C29H24Cl2F3N5O4. The Balaban J connectivity index is 1.58. The number of ether oxygens (including phenoxy) is 3. The number of rotatable bonds is 10. The summed E-state index contributed by atoms with van der Waals surface area (Å²) in [6.45, 7) is 3.28. The van der Waals surface area contributed by atoms with Gasteiger partial charge in [0, 0.05) is 24.9 Å². The smallest absolute Gasteiger partial charge is 0.425 e. The Hall–Kier alpha value is -4.13. The molecule has 0 radical (unpaired) electrons. The fourth-order valence-electron chi connectivity index (χ4n) is 4.22. The second-order valence-electron chi connectivity index (χ2n) is 9.33. The number of hydrogen-bond donors (Lipinski definition) is 0. The molecule has 0 aliphatic heterocycles. The zero-order valence-corrected chi connectivity index (χ0v) is 24.3. The van der Waals surface area contributed by atoms with Crippen molar-refractivity contribution in [2.45, 2.75) is 45.9 Å². The van der Waals surface area contributed by atoms with Gasteiger partial charge in [0.05, 0.1) is 23.9 Å². The lowest BCUT2D eigenvalue weighted by Crippen LogP contribution is -2.31. The van der Waals surface area contributed by atoms with Crippen molar-refractivity contribution >= 4 is 34.0 Å². The van der Waals surface area contributed by atoms with E-state index in [4.69, 9.17) is 37.4 Å². The predicted octanol–water partition coefficient (Wildman–Crippen LogP) is 7.14. The average Bonchev–Trinajstić information content (AvgIpc) is 3.29. The molecule has 0 aliphatic rings. The monoisotopic (exact) mass is 633 g/mol. The van der Waals surface area contributed by atoms with E-state index in [1.807, 2.05) is 30.3 Å². The molecule has 0 saturated heterocycles. The Bertz CT molecular complexity index is 1810. The topological polar surface area (TPSA) is 93.3 Å². The number of alkyl halides is 3. The number of nitrogens with zero attached hydrogens (tertiary/aromatic N) is 5. The Morgan fingerprint density at radius 2 is 1.77 bits per heavy atom. The van der Waals surface area contributed by atoms with Crippen LogP contribution in [0.15, 0.2) is 71.8 Å². The quantitative estimate of drug-likeness (QED) is 0.151. The van der Waals surface area contributed by atoms with E-state index < -0.39 is 18.0 Å². The lowest BCUT2D eigenvalue weighted by atomic mass is 10.1. The fourth-order valence-corrected chi connectivity index (χ4v) is 4.51. The van der Waals surface area contributed by atoms with Crippen LogP contribution in [0.25, 0.3) is 16.5 Å². The van der Waals surface area contributed by atoms with Gasteiger partial charge in [0.15, 0.2) is 17.7 Å². The minimum Gasteiger partial charge on any atom is -0.480 e. The van der Waals surface area contributed by atoms with Crippen molar-refractivity contribution in [3.8, 4) is 23.1 Å². The van der Waals surface area contributed by atoms with Crippen LogP contribution in [0.4, 0.5) is 13.2 Å². The summed E-state index contributed by atoms with van der Waals surface area (Å²) in [5.74, 6) is 0.0896. The minimum absolute atomic E-state index is 0.0319. The van der Waals surface area contributed by atoms with Crippen molar-refractivity contribution in [1.29, 1.82) is 0 Å². The van der Waals surface area contributed by atoms with Crippen LogP contribution in [0.3, 0.4) is 0 Å². The van der Waals surface area contributed by atoms with Crippen LogP contribution in [0.2, 0.25) is 10.2 Å². The van der Waals surface area contributed by atoms with Crippen molar-refractivity contribution in [3.63, 3.8) is 0 Å². The molecule has 14 heteroatoms. The summed E-state index contributed by atoms with van der Waals surface area (Å²) >= 11 is 12.2. The Morgan fingerprint density at radius 1 is 1.00 bits per heavy atom. The first kappa shape index (κ1) is 30.3. The highest BCUT2D eigenvalue weighted by atomic mass is 35.5. The van der Waals surface area contributed by atoms with Gasteiger partial charge in [-0.15, -0.1) is 5.10 Å². The lowest BCUT2D eigenvalue weighted by Gasteiger charge is -2.20. The molecule has 5 rings (SSSR count). The molecule has 0 N–H and O–H groups in total. The molecule has 1 unspecified atom stereocenters. The third-order valence-corrected chi connectivity index (χ3v) is 6.87. The summed E-state index contributed by atoms with van der Waals surface area (Å²) in [7, 11) is 0. The van der Waals surface area contributed by atoms with E-state index in [1.165, 1.54) is 29.1 Å². The van der Waals surface area contributed by atoms with Gasteiger partial charge < -0.3 is 14.2 Å². The lowest BCUT2D eigenvalue weighted by molar-refractivity contribution is -0.189. The van der Waals surface area contributed by atoms with E-state index in [-0.39, 0.29) is 45.2 Å². The largest absolute Gasteiger partial charge is 0.480 e. The maximum absolute atomic E-state index is 13.6. The molecule has 9 nitrogen and oxygen atoms in total. The number of hydrogen-bond acceptors (Lipinski definition) is 7. The number of pyridine rings is 2. The van der Waals surface area contributed by atoms with Crippen molar-refractivity contribution in [2.75, 3.05) is 0 Å². The highest BCUT2D eigenvalue weighted by Crippen LogP contribution is 2.40. The molecule has 3 heterocycles. The molecule has 43 heavy (non-hydrogen) atoms. The summed E-state index contributed by atoms with van der Waals surface area (Å²) in [6, 6.07) is 15.2. The van der Waals surface area contributed by atoms with Crippen LogP contribution in [0.1, 0.15) is 25.2 Å². The predicted molar refractivity (Wildman–Crippen MR) is 154 cm³/mol. The average molecular weight is 634 g/mol. The first-order chi connectivity index (χ1) is 20.5. The Kier molecular flexibility index (Phi) is 8.90. The van der Waals surface area contributed by atoms with E-state index in [9.17, 15) is 18.0 Å². The molecule has 224 valence electrons. The maximum atomic E-state index is 13.6. The zero-order chi connectivity index (χ0) is 30.7. The Morgan fingerprint density at radius 3 is 2.49 bits per heavy atom. The molecule has 1 atom stereocenters. The first-order valence-electron chi connectivity index (χ1n) is 13.0. The van der Waals surface area contributed by atoms with Gasteiger partial charge in [0.1, 0.15) is 22.5 Å². The second kappa shape index (κ2) is 12.6. The summed E-state index contributed by atoms with van der Waals surface area (Å²) in [6.07, 6.45) is -4.23. The minimum atomic E-state index is -4.68. The molecule has 0 fully saturated rings. The van der Waals surface area contributed by atoms with Crippen LogP contribution >= 0.6 is 23.2 Å². The summed E-state index contributed by atoms with van der Waals surface area (Å²) in [5.41, 5.74) is 0.614. The van der Waals surface area contributed by atoms with Crippen LogP contribution in [-0.2, 0) is 24.5 Å². The van der Waals surface area contributed by atoms with Crippen LogP contribution in [0.5, 0.6) is 17.4 Å². The van der Waals surface area contributed by atoms with Crippen molar-refractivity contribution < 1.29 is 27.4 Å². The first-order valence-corrected chi connectivity index (χ1v) is 13.8. The maximum Gasteiger partial charge on any atom is 0.425 e. The standard InChI is InChI=1S/C29H24Cl2F3N5O4/c1-3-38-25(16-41-15-18-7-5-4-6-8-18)37-39(28(38)40)20-11-19-9-10-35-27(43-22-13-24(31)36-14-21(22)30)26(19)23(12-20)42-17(2)29(32,33)34/h4-14,17H,3,15-16H2,1-2H3. The molecule has 0 bridgehead atoms. The van der Waals surface area contributed by atoms with Crippen molar-refractivity contribution in [2.24, 2.45) is 0 Å². The second-order valence-corrected chi connectivity index (χ2v) is 10.1. The molecule has 5 aromatic rings. The van der Waals surface area contributed by atoms with Crippen LogP contribution in [-0.4, -0.2) is 36.6 Å². The SMILES string of the molecule is CCn1c(COCc2ccccc2)nn(-c2cc(OC(C)C(F)(F)F)c3c(Oc4cc(Cl)ncc4Cl)nccc3c2)c1=O. The zero-order valence-electron chi connectivity index (χ0n) is 22.8. The van der Waals surface area contributed by atoms with Gasteiger partial charge in [-0.05, 0) is 36.9 Å². The number of halogens is 5. The van der Waals surface area contributed by atoms with Gasteiger partial charge in [0.25, 0.3) is 0 Å². The number of benzene rings is 2. The molecular weight excluding hydrogens is 610 g/mol. The molecule has 0 amide bonds. The normalized spacial score (nSPS) is 12.4. The Labute approximate surface area is 253 Å². The van der Waals surface area contributed by atoms with E-state index in [2.05, 4.69) is 15.1 Å². The van der Waals surface area contributed by atoms with E-state index in [0.717, 1.165) is 17.2 Å². The van der Waals surface area contributed by atoms with Gasteiger partial charge in [-0.25, -0.2) is 14.8 Å². The van der Waals surface area contributed by atoms with Crippen LogP contribution in [0, 0.1) is 0 Å². The highest BCUT2D eigenvalue weighted by molar-refractivity contribution is 6.33. The highest BCUT2D eigenvalue weighted by Gasteiger charge is 2.38. The molecule has 0 saturated carbocycles. The molecule has 2 aromatic carbocycles. The number of aromatic nitrogens is 5. The third kappa shape index (κ3) is 6.76. The van der Waals surface area contributed by atoms with E-state index in [0.29, 0.717) is 24.4 Å². The van der Waals surface area contributed by atoms with Gasteiger partial charge in [-0.3, -0.25) is 4.57 Å². The van der Waals surface area contributed by atoms with Crippen molar-refractivity contribution in [3.05, 3.63) is 99.0 Å². The van der Waals surface area contributed by atoms with Crippen molar-refractivity contribution in [1.82, 2.24) is 24.3 Å². The molecule has 3 aromatic heterocycles. The van der Waals surface area contributed by atoms with E-state index in [1.54, 1.807) is 19.1 Å². The fraction of sp³-hybridized carbons (Fsp3) is 0.241. The van der Waals surface area contributed by atoms with Crippen LogP contribution < -0.4 is 15.2 Å². The van der Waals surface area contributed by atoms with Gasteiger partial charge in [0.2, 0.25) is 5.88 Å².